The van der Waals surface area contributed by atoms with Gasteiger partial charge in [-0.3, -0.25) is 0 Å². The molecule has 5 nitrogen and oxygen atoms in total. The van der Waals surface area contributed by atoms with Gasteiger partial charge in [0.1, 0.15) is 11.4 Å². The van der Waals surface area contributed by atoms with E-state index in [1.807, 2.05) is 18.2 Å². The zero-order valence-electron chi connectivity index (χ0n) is 17.4. The van der Waals surface area contributed by atoms with Gasteiger partial charge in [0.25, 0.3) is 0 Å². The first-order valence-corrected chi connectivity index (χ1v) is 10.4. The Hall–Kier alpha value is -3.86. The summed E-state index contributed by atoms with van der Waals surface area (Å²) in [6, 6.07) is 21.1. The Morgan fingerprint density at radius 3 is 2.45 bits per heavy atom. The molecule has 152 valence electrons. The van der Waals surface area contributed by atoms with Crippen LogP contribution in [0.4, 0.5) is 0 Å². The van der Waals surface area contributed by atoms with E-state index in [9.17, 15) is 0 Å². The van der Waals surface area contributed by atoms with E-state index in [4.69, 9.17) is 9.47 Å². The largest absolute Gasteiger partial charge is 0.454 e. The maximum atomic E-state index is 5.57. The van der Waals surface area contributed by atoms with E-state index in [2.05, 4.69) is 77.3 Å². The minimum atomic E-state index is 0.257. The minimum absolute atomic E-state index is 0.257. The summed E-state index contributed by atoms with van der Waals surface area (Å²) in [4.78, 5) is 0. The van der Waals surface area contributed by atoms with Gasteiger partial charge < -0.3 is 14.0 Å². The fourth-order valence-corrected chi connectivity index (χ4v) is 4.23. The summed E-state index contributed by atoms with van der Waals surface area (Å²) in [5.41, 5.74) is 8.66. The molecule has 3 aliphatic rings. The Labute approximate surface area is 180 Å². The SMILES string of the molecule is Cc1ccc(Cn2cc3c(-c4ccc5c(c4)OCO5)nnc-3c3cc(C)ccc32)cc1. The molecule has 0 aliphatic carbocycles. The van der Waals surface area contributed by atoms with Crippen molar-refractivity contribution in [3.05, 3.63) is 83.6 Å². The standard InChI is InChI=1S/C26H21N3O2/c1-16-3-6-18(7-4-16)13-29-14-21-25(19-8-10-23-24(12-19)31-15-30-23)27-28-26(21)20-11-17(2)5-9-22(20)29/h3-12,14H,13,15H2,1-2H3. The van der Waals surface area contributed by atoms with Crippen molar-refractivity contribution in [1.29, 1.82) is 0 Å². The summed E-state index contributed by atoms with van der Waals surface area (Å²) in [7, 11) is 0. The Kier molecular flexibility index (Phi) is 3.96. The van der Waals surface area contributed by atoms with E-state index in [-0.39, 0.29) is 6.79 Å². The molecule has 0 atom stereocenters. The smallest absolute Gasteiger partial charge is 0.231 e. The van der Waals surface area contributed by atoms with Crippen LogP contribution in [-0.2, 0) is 6.54 Å². The third-order valence-corrected chi connectivity index (χ3v) is 5.88. The van der Waals surface area contributed by atoms with E-state index >= 15 is 0 Å². The van der Waals surface area contributed by atoms with Crippen molar-refractivity contribution < 1.29 is 9.47 Å². The zero-order valence-corrected chi connectivity index (χ0v) is 17.4. The molecule has 0 bridgehead atoms. The first-order chi connectivity index (χ1) is 15.2. The molecule has 3 aromatic carbocycles. The number of ether oxygens (including phenoxy) is 2. The number of nitrogens with zero attached hydrogens (tertiary/aromatic N) is 3. The molecule has 0 aromatic heterocycles. The first-order valence-electron chi connectivity index (χ1n) is 10.4. The number of hydrogen-bond acceptors (Lipinski definition) is 4. The molecule has 3 heterocycles. The lowest BCUT2D eigenvalue weighted by Crippen LogP contribution is -2.04. The highest BCUT2D eigenvalue weighted by atomic mass is 16.7. The zero-order chi connectivity index (χ0) is 20.9. The van der Waals surface area contributed by atoms with Gasteiger partial charge in [0.15, 0.2) is 11.5 Å². The minimum Gasteiger partial charge on any atom is -0.454 e. The summed E-state index contributed by atoms with van der Waals surface area (Å²) in [5.74, 6) is 1.51. The van der Waals surface area contributed by atoms with Crippen molar-refractivity contribution in [2.75, 3.05) is 6.79 Å². The number of aromatic nitrogens is 3. The maximum absolute atomic E-state index is 5.57. The van der Waals surface area contributed by atoms with Crippen LogP contribution in [0.3, 0.4) is 0 Å². The van der Waals surface area contributed by atoms with Crippen LogP contribution in [0, 0.1) is 13.8 Å². The fourth-order valence-electron chi connectivity index (χ4n) is 4.23. The number of benzene rings is 3. The highest BCUT2D eigenvalue weighted by Gasteiger charge is 2.22. The van der Waals surface area contributed by atoms with E-state index in [0.29, 0.717) is 0 Å². The predicted molar refractivity (Wildman–Crippen MR) is 121 cm³/mol. The van der Waals surface area contributed by atoms with Crippen LogP contribution < -0.4 is 9.47 Å². The molecule has 0 N–H and O–H groups in total. The van der Waals surface area contributed by atoms with Gasteiger partial charge in [-0.15, -0.1) is 10.2 Å². The number of rotatable bonds is 3. The molecular formula is C26H21N3O2. The van der Waals surface area contributed by atoms with Crippen molar-refractivity contribution >= 4 is 10.9 Å². The van der Waals surface area contributed by atoms with Gasteiger partial charge in [-0.05, 0) is 49.7 Å². The fraction of sp³-hybridized carbons (Fsp3) is 0.154. The lowest BCUT2D eigenvalue weighted by molar-refractivity contribution is 0.174. The van der Waals surface area contributed by atoms with Crippen molar-refractivity contribution in [3.8, 4) is 34.0 Å². The number of hydrogen-bond donors (Lipinski definition) is 0. The van der Waals surface area contributed by atoms with Crippen LogP contribution >= 0.6 is 0 Å². The van der Waals surface area contributed by atoms with Gasteiger partial charge in [-0.1, -0.05) is 41.5 Å². The van der Waals surface area contributed by atoms with Gasteiger partial charge in [0.05, 0.1) is 5.52 Å². The second-order valence-corrected chi connectivity index (χ2v) is 8.14. The Morgan fingerprint density at radius 2 is 1.58 bits per heavy atom. The maximum Gasteiger partial charge on any atom is 0.231 e. The van der Waals surface area contributed by atoms with Crippen LogP contribution in [0.5, 0.6) is 11.5 Å². The van der Waals surface area contributed by atoms with Crippen LogP contribution in [0.15, 0.2) is 66.9 Å². The first kappa shape index (κ1) is 18.0. The van der Waals surface area contributed by atoms with E-state index in [0.717, 1.165) is 51.5 Å². The van der Waals surface area contributed by atoms with Crippen LogP contribution in [0.2, 0.25) is 0 Å². The van der Waals surface area contributed by atoms with Gasteiger partial charge in [-0.25, -0.2) is 0 Å². The number of aryl methyl sites for hydroxylation is 2. The van der Waals surface area contributed by atoms with Crippen molar-refractivity contribution in [3.63, 3.8) is 0 Å². The third kappa shape index (κ3) is 3.01. The molecule has 0 unspecified atom stereocenters. The van der Waals surface area contributed by atoms with Crippen molar-refractivity contribution in [2.24, 2.45) is 0 Å². The summed E-state index contributed by atoms with van der Waals surface area (Å²) in [6.07, 6.45) is 2.17. The molecule has 6 rings (SSSR count). The summed E-state index contributed by atoms with van der Waals surface area (Å²) in [5, 5.41) is 10.3. The molecule has 31 heavy (non-hydrogen) atoms. The van der Waals surface area contributed by atoms with Gasteiger partial charge in [-0.2, -0.15) is 0 Å². The quantitative estimate of drug-likeness (QED) is 0.391. The molecule has 0 spiro atoms. The number of fused-ring (bicyclic) bond motifs is 4. The second-order valence-electron chi connectivity index (χ2n) is 8.14. The lowest BCUT2D eigenvalue weighted by atomic mass is 10.00. The monoisotopic (exact) mass is 407 g/mol. The summed E-state index contributed by atoms with van der Waals surface area (Å²) in [6.45, 7) is 5.26. The van der Waals surface area contributed by atoms with Gasteiger partial charge in [0, 0.05) is 29.3 Å². The molecule has 0 saturated carbocycles. The summed E-state index contributed by atoms with van der Waals surface area (Å²) < 4.78 is 13.3. The normalized spacial score (nSPS) is 12.7. The Morgan fingerprint density at radius 1 is 0.806 bits per heavy atom. The molecule has 5 heteroatoms. The van der Waals surface area contributed by atoms with Crippen LogP contribution in [0.25, 0.3) is 33.4 Å². The highest BCUT2D eigenvalue weighted by Crippen LogP contribution is 2.40. The van der Waals surface area contributed by atoms with Crippen LogP contribution in [-0.4, -0.2) is 21.6 Å². The predicted octanol–water partition coefficient (Wildman–Crippen LogP) is 5.60. The Bertz CT molecular complexity index is 1400. The second kappa shape index (κ2) is 6.84. The number of pyridine rings is 1. The van der Waals surface area contributed by atoms with Crippen molar-refractivity contribution in [2.45, 2.75) is 20.4 Å². The molecule has 3 aromatic rings. The van der Waals surface area contributed by atoms with Gasteiger partial charge >= 0.3 is 0 Å². The topological polar surface area (TPSA) is 49.2 Å². The van der Waals surface area contributed by atoms with E-state index in [1.165, 1.54) is 16.7 Å². The average Bonchev–Trinajstić information content (AvgIpc) is 3.41. The van der Waals surface area contributed by atoms with E-state index in [1.54, 1.807) is 0 Å². The molecular weight excluding hydrogens is 386 g/mol. The molecule has 0 radical (unpaired) electrons. The third-order valence-electron chi connectivity index (χ3n) is 5.88. The molecule has 0 fully saturated rings. The van der Waals surface area contributed by atoms with Crippen molar-refractivity contribution in [1.82, 2.24) is 14.8 Å². The van der Waals surface area contributed by atoms with Crippen LogP contribution in [0.1, 0.15) is 16.7 Å². The average molecular weight is 407 g/mol. The molecule has 3 aliphatic heterocycles. The highest BCUT2D eigenvalue weighted by molar-refractivity contribution is 5.98. The van der Waals surface area contributed by atoms with E-state index < -0.39 is 0 Å². The lowest BCUT2D eigenvalue weighted by Gasteiger charge is -2.16. The summed E-state index contributed by atoms with van der Waals surface area (Å²) >= 11 is 0. The van der Waals surface area contributed by atoms with Gasteiger partial charge in [0.2, 0.25) is 6.79 Å². The molecule has 0 amide bonds. The Balaban J connectivity index is 1.55. The molecule has 0 saturated heterocycles.